The number of ether oxygens (including phenoxy) is 1. The lowest BCUT2D eigenvalue weighted by Gasteiger charge is -2.35. The number of hydrogen-bond acceptors (Lipinski definition) is 3. The molecule has 104 valence electrons. The minimum Gasteiger partial charge on any atom is -0.397 e. The number of aromatic nitrogens is 1. The Hall–Kier alpha value is -1.49. The van der Waals surface area contributed by atoms with Gasteiger partial charge in [0.25, 0.3) is 5.91 Å². The quantitative estimate of drug-likeness (QED) is 0.849. The minimum atomic E-state index is -0.0106. The van der Waals surface area contributed by atoms with Crippen molar-refractivity contribution >= 4 is 11.6 Å². The lowest BCUT2D eigenvalue weighted by molar-refractivity contribution is -0.00870. The fraction of sp³-hybridized carbons (Fsp3) is 0.643. The maximum Gasteiger partial charge on any atom is 0.268 e. The molecule has 0 unspecified atom stereocenters. The summed E-state index contributed by atoms with van der Waals surface area (Å²) in [5.74, 6) is -0.0106. The van der Waals surface area contributed by atoms with Crippen molar-refractivity contribution < 1.29 is 9.53 Å². The number of hydrogen-bond donors (Lipinski definition) is 2. The molecule has 0 saturated heterocycles. The molecule has 5 heteroatoms. The van der Waals surface area contributed by atoms with Crippen LogP contribution >= 0.6 is 0 Å². The number of nitrogen functional groups attached to an aromatic ring is 1. The summed E-state index contributed by atoms with van der Waals surface area (Å²) in [7, 11) is 0. The summed E-state index contributed by atoms with van der Waals surface area (Å²) in [5.41, 5.74) is 7.16. The summed E-state index contributed by atoms with van der Waals surface area (Å²) < 4.78 is 7.51. The van der Waals surface area contributed by atoms with Crippen LogP contribution in [0.3, 0.4) is 0 Å². The van der Waals surface area contributed by atoms with E-state index in [9.17, 15) is 4.79 Å². The monoisotopic (exact) mass is 263 g/mol. The molecule has 2 saturated carbocycles. The Balaban J connectivity index is 1.59. The van der Waals surface area contributed by atoms with Crippen molar-refractivity contribution in [1.29, 1.82) is 0 Å². The van der Waals surface area contributed by atoms with Crippen LogP contribution in [0.5, 0.6) is 0 Å². The third-order valence-corrected chi connectivity index (χ3v) is 3.88. The molecule has 0 aliphatic heterocycles. The Bertz CT molecular complexity index is 473. The van der Waals surface area contributed by atoms with Gasteiger partial charge in [0.2, 0.25) is 0 Å². The summed E-state index contributed by atoms with van der Waals surface area (Å²) in [4.78, 5) is 12.3. The van der Waals surface area contributed by atoms with Crippen LogP contribution in [0, 0.1) is 0 Å². The lowest BCUT2D eigenvalue weighted by atomic mass is 9.89. The zero-order chi connectivity index (χ0) is 13.4. The second kappa shape index (κ2) is 4.89. The van der Waals surface area contributed by atoms with E-state index in [0.29, 0.717) is 23.5 Å². The first kappa shape index (κ1) is 12.5. The van der Waals surface area contributed by atoms with E-state index < -0.39 is 0 Å². The van der Waals surface area contributed by atoms with E-state index in [1.807, 2.05) is 17.7 Å². The van der Waals surface area contributed by atoms with Gasteiger partial charge in [0.15, 0.2) is 0 Å². The highest BCUT2D eigenvalue weighted by atomic mass is 16.5. The standard InChI is InChI=1S/C14H21N3O2/c1-2-19-12-6-10(7-12)16-14(18)13-5-9(15)8-17(13)11-3-4-11/h5,8,10-12H,2-4,6-7,15H2,1H3,(H,16,18). The average molecular weight is 263 g/mol. The Morgan fingerprint density at radius 2 is 2.26 bits per heavy atom. The summed E-state index contributed by atoms with van der Waals surface area (Å²) in [6.45, 7) is 2.74. The number of rotatable bonds is 5. The zero-order valence-electron chi connectivity index (χ0n) is 11.3. The van der Waals surface area contributed by atoms with Crippen LogP contribution in [-0.4, -0.2) is 29.2 Å². The smallest absolute Gasteiger partial charge is 0.268 e. The molecule has 1 aromatic heterocycles. The predicted molar refractivity (Wildman–Crippen MR) is 73.0 cm³/mol. The van der Waals surface area contributed by atoms with Crippen molar-refractivity contribution in [2.24, 2.45) is 0 Å². The molecule has 2 aliphatic rings. The normalized spacial score (nSPS) is 25.9. The highest BCUT2D eigenvalue weighted by Crippen LogP contribution is 2.37. The van der Waals surface area contributed by atoms with E-state index in [-0.39, 0.29) is 11.9 Å². The second-order valence-corrected chi connectivity index (χ2v) is 5.52. The van der Waals surface area contributed by atoms with Crippen LogP contribution in [0.4, 0.5) is 5.69 Å². The molecule has 1 amide bonds. The fourth-order valence-corrected chi connectivity index (χ4v) is 2.65. The van der Waals surface area contributed by atoms with Gasteiger partial charge in [0.05, 0.1) is 11.8 Å². The Morgan fingerprint density at radius 1 is 1.53 bits per heavy atom. The molecule has 2 aliphatic carbocycles. The third-order valence-electron chi connectivity index (χ3n) is 3.88. The van der Waals surface area contributed by atoms with Gasteiger partial charge in [-0.2, -0.15) is 0 Å². The van der Waals surface area contributed by atoms with E-state index in [2.05, 4.69) is 5.32 Å². The Labute approximate surface area is 113 Å². The van der Waals surface area contributed by atoms with Crippen LogP contribution in [0.15, 0.2) is 12.3 Å². The average Bonchev–Trinajstić information content (AvgIpc) is 3.09. The first-order valence-corrected chi connectivity index (χ1v) is 7.07. The minimum absolute atomic E-state index is 0.0106. The maximum absolute atomic E-state index is 12.3. The SMILES string of the molecule is CCOC1CC(NC(=O)c2cc(N)cn2C2CC2)C1. The van der Waals surface area contributed by atoms with Crippen molar-refractivity contribution in [3.8, 4) is 0 Å². The topological polar surface area (TPSA) is 69.3 Å². The molecular weight excluding hydrogens is 242 g/mol. The van der Waals surface area contributed by atoms with Gasteiger partial charge in [-0.3, -0.25) is 4.79 Å². The van der Waals surface area contributed by atoms with E-state index in [0.717, 1.165) is 32.3 Å². The summed E-state index contributed by atoms with van der Waals surface area (Å²) >= 11 is 0. The van der Waals surface area contributed by atoms with Crippen molar-refractivity contribution in [2.75, 3.05) is 12.3 Å². The molecule has 3 rings (SSSR count). The van der Waals surface area contributed by atoms with Crippen molar-refractivity contribution in [3.05, 3.63) is 18.0 Å². The van der Waals surface area contributed by atoms with Gasteiger partial charge in [0.1, 0.15) is 5.69 Å². The van der Waals surface area contributed by atoms with Crippen LogP contribution in [0.1, 0.15) is 49.1 Å². The van der Waals surface area contributed by atoms with E-state index in [1.54, 1.807) is 6.07 Å². The van der Waals surface area contributed by atoms with Gasteiger partial charge in [-0.05, 0) is 38.7 Å². The summed E-state index contributed by atoms with van der Waals surface area (Å²) in [6, 6.07) is 2.48. The Morgan fingerprint density at radius 3 is 2.89 bits per heavy atom. The number of carbonyl (C=O) groups is 1. The van der Waals surface area contributed by atoms with Crippen LogP contribution < -0.4 is 11.1 Å². The molecule has 0 bridgehead atoms. The van der Waals surface area contributed by atoms with E-state index in [1.165, 1.54) is 0 Å². The number of anilines is 1. The lowest BCUT2D eigenvalue weighted by Crippen LogP contribution is -2.48. The fourth-order valence-electron chi connectivity index (χ4n) is 2.65. The molecule has 19 heavy (non-hydrogen) atoms. The van der Waals surface area contributed by atoms with Gasteiger partial charge >= 0.3 is 0 Å². The molecule has 3 N–H and O–H groups in total. The zero-order valence-corrected chi connectivity index (χ0v) is 11.3. The molecule has 1 aromatic rings. The molecule has 0 radical (unpaired) electrons. The number of carbonyl (C=O) groups excluding carboxylic acids is 1. The summed E-state index contributed by atoms with van der Waals surface area (Å²) in [5, 5.41) is 3.06. The molecule has 0 atom stereocenters. The highest BCUT2D eigenvalue weighted by Gasteiger charge is 2.33. The first-order valence-electron chi connectivity index (χ1n) is 7.07. The predicted octanol–water partition coefficient (Wildman–Crippen LogP) is 1.70. The van der Waals surface area contributed by atoms with Gasteiger partial charge in [0, 0.05) is 24.9 Å². The van der Waals surface area contributed by atoms with E-state index in [4.69, 9.17) is 10.5 Å². The molecule has 1 heterocycles. The largest absolute Gasteiger partial charge is 0.397 e. The highest BCUT2D eigenvalue weighted by molar-refractivity contribution is 5.94. The molecule has 2 fully saturated rings. The molecule has 5 nitrogen and oxygen atoms in total. The van der Waals surface area contributed by atoms with Gasteiger partial charge < -0.3 is 20.4 Å². The number of nitrogens with one attached hydrogen (secondary N) is 1. The third kappa shape index (κ3) is 2.61. The molecule has 0 spiro atoms. The molecular formula is C14H21N3O2. The number of amides is 1. The van der Waals surface area contributed by atoms with Crippen molar-refractivity contribution in [3.63, 3.8) is 0 Å². The van der Waals surface area contributed by atoms with Crippen LogP contribution in [0.25, 0.3) is 0 Å². The van der Waals surface area contributed by atoms with E-state index >= 15 is 0 Å². The van der Waals surface area contributed by atoms with Crippen molar-refractivity contribution in [1.82, 2.24) is 9.88 Å². The summed E-state index contributed by atoms with van der Waals surface area (Å²) in [6.07, 6.45) is 6.30. The maximum atomic E-state index is 12.3. The van der Waals surface area contributed by atoms with Gasteiger partial charge in [-0.15, -0.1) is 0 Å². The van der Waals surface area contributed by atoms with Crippen LogP contribution in [-0.2, 0) is 4.74 Å². The number of nitrogens with two attached hydrogens (primary N) is 1. The number of nitrogens with zero attached hydrogens (tertiary/aromatic N) is 1. The van der Waals surface area contributed by atoms with Crippen LogP contribution in [0.2, 0.25) is 0 Å². The first-order chi connectivity index (χ1) is 9.17. The van der Waals surface area contributed by atoms with Gasteiger partial charge in [-0.25, -0.2) is 0 Å². The molecule has 0 aromatic carbocycles. The van der Waals surface area contributed by atoms with Gasteiger partial charge in [-0.1, -0.05) is 0 Å². The van der Waals surface area contributed by atoms with Crippen molar-refractivity contribution in [2.45, 2.75) is 50.8 Å². The Kier molecular flexibility index (Phi) is 3.22. The second-order valence-electron chi connectivity index (χ2n) is 5.52.